The molecule has 0 radical (unpaired) electrons. The van der Waals surface area contributed by atoms with Crippen LogP contribution in [0.25, 0.3) is 0 Å². The molecule has 1 rings (SSSR count). The van der Waals surface area contributed by atoms with Crippen LogP contribution in [0.15, 0.2) is 23.1 Å². The number of nitro groups is 1. The molecule has 0 aromatic heterocycles. The first-order valence-corrected chi connectivity index (χ1v) is 7.08. The molecule has 0 aliphatic rings. The summed E-state index contributed by atoms with van der Waals surface area (Å²) in [5, 5.41) is 19.4. The van der Waals surface area contributed by atoms with Gasteiger partial charge < -0.3 is 0 Å². The molecule has 0 bridgehead atoms. The van der Waals surface area contributed by atoms with E-state index in [2.05, 4.69) is 0 Å². The van der Waals surface area contributed by atoms with Gasteiger partial charge >= 0.3 is 0 Å². The van der Waals surface area contributed by atoms with E-state index in [0.717, 1.165) is 12.1 Å². The van der Waals surface area contributed by atoms with Crippen molar-refractivity contribution in [3.8, 4) is 6.07 Å². The average Bonchev–Trinajstić information content (AvgIpc) is 2.35. The van der Waals surface area contributed by atoms with E-state index in [9.17, 15) is 18.5 Å². The third-order valence-corrected chi connectivity index (χ3v) is 4.26. The van der Waals surface area contributed by atoms with E-state index >= 15 is 0 Å². The summed E-state index contributed by atoms with van der Waals surface area (Å²) in [4.78, 5) is 9.77. The molecule has 0 aliphatic heterocycles. The molecule has 0 atom stereocenters. The van der Waals surface area contributed by atoms with Gasteiger partial charge in [-0.15, -0.1) is 11.6 Å². The molecule has 96 valence electrons. The number of nitro benzene ring substituents is 1. The topological polar surface area (TPSA) is 101 Å². The second-order valence-corrected chi connectivity index (χ2v) is 5.90. The van der Waals surface area contributed by atoms with E-state index in [4.69, 9.17) is 16.9 Å². The molecular weight excluding hydrogens is 280 g/mol. The maximum Gasteiger partial charge on any atom is 0.288 e. The largest absolute Gasteiger partial charge is 0.288 e. The van der Waals surface area contributed by atoms with Crippen LogP contribution in [0, 0.1) is 21.4 Å². The number of rotatable bonds is 5. The van der Waals surface area contributed by atoms with Gasteiger partial charge in [0.15, 0.2) is 9.84 Å². The van der Waals surface area contributed by atoms with Gasteiger partial charge in [-0.1, -0.05) is 0 Å². The molecule has 0 N–H and O–H groups in total. The maximum atomic E-state index is 11.8. The Morgan fingerprint density at radius 3 is 2.61 bits per heavy atom. The van der Waals surface area contributed by atoms with Crippen molar-refractivity contribution in [1.29, 1.82) is 5.26 Å². The third-order valence-electron chi connectivity index (χ3n) is 2.19. The van der Waals surface area contributed by atoms with Crippen molar-refractivity contribution >= 4 is 27.1 Å². The molecule has 0 saturated carbocycles. The standard InChI is InChI=1S/C10H9ClN2O4S/c11-4-1-5-18(16,17)9-3-2-8(7-12)10(6-9)13(14)15/h2-3,6H,1,4-5H2. The quantitative estimate of drug-likeness (QED) is 0.467. The molecule has 0 amide bonds. The minimum Gasteiger partial charge on any atom is -0.258 e. The minimum absolute atomic E-state index is 0.168. The van der Waals surface area contributed by atoms with Gasteiger partial charge in [-0.25, -0.2) is 8.42 Å². The Labute approximate surface area is 109 Å². The predicted molar refractivity (Wildman–Crippen MR) is 65.2 cm³/mol. The number of nitriles is 1. The normalized spacial score (nSPS) is 10.9. The zero-order chi connectivity index (χ0) is 13.8. The van der Waals surface area contributed by atoms with Gasteiger partial charge in [0.05, 0.1) is 15.6 Å². The van der Waals surface area contributed by atoms with Crippen molar-refractivity contribution in [3.05, 3.63) is 33.9 Å². The zero-order valence-corrected chi connectivity index (χ0v) is 10.7. The molecule has 0 saturated heterocycles. The molecule has 1 aromatic carbocycles. The first kappa shape index (κ1) is 14.4. The number of hydrogen-bond donors (Lipinski definition) is 0. The summed E-state index contributed by atoms with van der Waals surface area (Å²) in [6.07, 6.45) is 0.262. The SMILES string of the molecule is N#Cc1ccc(S(=O)(=O)CCCCl)cc1[N+](=O)[O-]. The lowest BCUT2D eigenvalue weighted by atomic mass is 10.2. The second kappa shape index (κ2) is 5.80. The van der Waals surface area contributed by atoms with Crippen LogP contribution in [-0.4, -0.2) is 25.0 Å². The summed E-state index contributed by atoms with van der Waals surface area (Å²) in [6.45, 7) is 0. The van der Waals surface area contributed by atoms with Crippen LogP contribution in [0.2, 0.25) is 0 Å². The van der Waals surface area contributed by atoms with Crippen molar-refractivity contribution in [2.45, 2.75) is 11.3 Å². The highest BCUT2D eigenvalue weighted by atomic mass is 35.5. The van der Waals surface area contributed by atoms with Gasteiger partial charge in [0.2, 0.25) is 0 Å². The lowest BCUT2D eigenvalue weighted by Gasteiger charge is -2.03. The Hall–Kier alpha value is -1.65. The summed E-state index contributed by atoms with van der Waals surface area (Å²) >= 11 is 5.41. The number of benzene rings is 1. The van der Waals surface area contributed by atoms with Gasteiger partial charge in [-0.05, 0) is 18.6 Å². The summed E-state index contributed by atoms with van der Waals surface area (Å²) in [5.74, 6) is 0.0111. The van der Waals surface area contributed by atoms with Crippen molar-refractivity contribution in [2.24, 2.45) is 0 Å². The Balaban J connectivity index is 3.25. The fourth-order valence-corrected chi connectivity index (χ4v) is 2.93. The van der Waals surface area contributed by atoms with Crippen LogP contribution in [-0.2, 0) is 9.84 Å². The van der Waals surface area contributed by atoms with E-state index in [1.165, 1.54) is 6.07 Å². The molecule has 0 spiro atoms. The molecule has 0 unspecified atom stereocenters. The van der Waals surface area contributed by atoms with Crippen LogP contribution < -0.4 is 0 Å². The molecule has 18 heavy (non-hydrogen) atoms. The van der Waals surface area contributed by atoms with E-state index in [1.807, 2.05) is 0 Å². The van der Waals surface area contributed by atoms with Gasteiger partial charge in [0.1, 0.15) is 11.6 Å². The average molecular weight is 289 g/mol. The first-order chi connectivity index (χ1) is 8.42. The molecule has 8 heteroatoms. The highest BCUT2D eigenvalue weighted by Gasteiger charge is 2.20. The smallest absolute Gasteiger partial charge is 0.258 e. The van der Waals surface area contributed by atoms with E-state index in [-0.39, 0.29) is 28.5 Å². The van der Waals surface area contributed by atoms with Crippen LogP contribution in [0.5, 0.6) is 0 Å². The minimum atomic E-state index is -3.60. The summed E-state index contributed by atoms with van der Waals surface area (Å²) in [6, 6.07) is 4.87. The number of nitrogens with zero attached hydrogens (tertiary/aromatic N) is 2. The molecule has 1 aromatic rings. The predicted octanol–water partition coefficient (Wildman–Crippen LogP) is 1.87. The molecule has 0 heterocycles. The summed E-state index contributed by atoms with van der Waals surface area (Å²) in [7, 11) is -3.60. The molecule has 6 nitrogen and oxygen atoms in total. The fourth-order valence-electron chi connectivity index (χ4n) is 1.31. The van der Waals surface area contributed by atoms with Gasteiger partial charge in [0, 0.05) is 11.9 Å². The van der Waals surface area contributed by atoms with Crippen LogP contribution >= 0.6 is 11.6 Å². The number of hydrogen-bond acceptors (Lipinski definition) is 5. The van der Waals surface area contributed by atoms with Gasteiger partial charge in [0.25, 0.3) is 5.69 Å². The van der Waals surface area contributed by atoms with Crippen molar-refractivity contribution in [1.82, 2.24) is 0 Å². The van der Waals surface area contributed by atoms with E-state index in [0.29, 0.717) is 0 Å². The van der Waals surface area contributed by atoms with E-state index in [1.54, 1.807) is 6.07 Å². The van der Waals surface area contributed by atoms with Crippen molar-refractivity contribution in [2.75, 3.05) is 11.6 Å². The van der Waals surface area contributed by atoms with E-state index < -0.39 is 20.4 Å². The van der Waals surface area contributed by atoms with Crippen LogP contribution in [0.4, 0.5) is 5.69 Å². The molecular formula is C10H9ClN2O4S. The number of halogens is 1. The Morgan fingerprint density at radius 2 is 2.11 bits per heavy atom. The fraction of sp³-hybridized carbons (Fsp3) is 0.300. The Bertz CT molecular complexity index is 607. The summed E-state index contributed by atoms with van der Waals surface area (Å²) in [5.41, 5.74) is -0.680. The third kappa shape index (κ3) is 3.18. The lowest BCUT2D eigenvalue weighted by molar-refractivity contribution is -0.385. The molecule has 0 fully saturated rings. The first-order valence-electron chi connectivity index (χ1n) is 4.89. The second-order valence-electron chi connectivity index (χ2n) is 3.41. The number of alkyl halides is 1. The highest BCUT2D eigenvalue weighted by molar-refractivity contribution is 7.91. The van der Waals surface area contributed by atoms with Crippen LogP contribution in [0.3, 0.4) is 0 Å². The van der Waals surface area contributed by atoms with Crippen molar-refractivity contribution in [3.63, 3.8) is 0 Å². The van der Waals surface area contributed by atoms with Gasteiger partial charge in [-0.2, -0.15) is 5.26 Å². The molecule has 0 aliphatic carbocycles. The summed E-state index contributed by atoms with van der Waals surface area (Å²) < 4.78 is 23.6. The Morgan fingerprint density at radius 1 is 1.44 bits per heavy atom. The van der Waals surface area contributed by atoms with Gasteiger partial charge in [-0.3, -0.25) is 10.1 Å². The van der Waals surface area contributed by atoms with Crippen molar-refractivity contribution < 1.29 is 13.3 Å². The van der Waals surface area contributed by atoms with Crippen LogP contribution in [0.1, 0.15) is 12.0 Å². The monoisotopic (exact) mass is 288 g/mol. The lowest BCUT2D eigenvalue weighted by Crippen LogP contribution is -2.08. The zero-order valence-electron chi connectivity index (χ0n) is 9.17. The number of sulfone groups is 1. The highest BCUT2D eigenvalue weighted by Crippen LogP contribution is 2.23. The Kier molecular flexibility index (Phi) is 4.64. The maximum absolute atomic E-state index is 11.8.